The number of halogens is 2. The molecule has 0 amide bonds. The molecule has 0 fully saturated rings. The molecule has 1 aliphatic rings. The lowest BCUT2D eigenvalue weighted by molar-refractivity contribution is 0.480. The van der Waals surface area contributed by atoms with E-state index in [-0.39, 0.29) is 30.0 Å². The van der Waals surface area contributed by atoms with Crippen molar-refractivity contribution < 1.29 is 0 Å². The van der Waals surface area contributed by atoms with E-state index in [9.17, 15) is 0 Å². The smallest absolute Gasteiger partial charge is 0.194 e. The standard InChI is InChI=1S/C17H18ClN3.HI/c1-21(12-13-5-3-2-4-6-13)17-19-11-16(20-17)14-7-9-15(18)10-8-14;/h2-10,16H,11-12H2,1H3,(H,19,20);1H. The summed E-state index contributed by atoms with van der Waals surface area (Å²) in [6.45, 7) is 1.61. The van der Waals surface area contributed by atoms with E-state index in [2.05, 4.69) is 58.7 Å². The normalized spacial score (nSPS) is 16.5. The van der Waals surface area contributed by atoms with Gasteiger partial charge in [-0.1, -0.05) is 54.1 Å². The van der Waals surface area contributed by atoms with Gasteiger partial charge in [-0.25, -0.2) is 0 Å². The molecule has 1 atom stereocenters. The Morgan fingerprint density at radius 1 is 1.14 bits per heavy atom. The van der Waals surface area contributed by atoms with Crippen LogP contribution in [0.2, 0.25) is 5.02 Å². The van der Waals surface area contributed by atoms with Crippen molar-refractivity contribution in [2.45, 2.75) is 12.6 Å². The molecule has 1 heterocycles. The summed E-state index contributed by atoms with van der Waals surface area (Å²) >= 11 is 5.93. The summed E-state index contributed by atoms with van der Waals surface area (Å²) in [5, 5.41) is 4.24. The zero-order valence-electron chi connectivity index (χ0n) is 12.4. The second-order valence-electron chi connectivity index (χ2n) is 5.25. The van der Waals surface area contributed by atoms with Crippen LogP contribution in [0.3, 0.4) is 0 Å². The number of guanidine groups is 1. The van der Waals surface area contributed by atoms with E-state index >= 15 is 0 Å². The third-order valence-electron chi connectivity index (χ3n) is 3.62. The maximum Gasteiger partial charge on any atom is 0.194 e. The number of hydrogen-bond donors (Lipinski definition) is 1. The molecule has 3 nitrogen and oxygen atoms in total. The summed E-state index contributed by atoms with van der Waals surface area (Å²) in [4.78, 5) is 6.75. The van der Waals surface area contributed by atoms with Gasteiger partial charge in [0.2, 0.25) is 0 Å². The molecule has 0 saturated carbocycles. The van der Waals surface area contributed by atoms with Crippen molar-refractivity contribution in [3.8, 4) is 0 Å². The Hall–Kier alpha value is -1.27. The fraction of sp³-hybridized carbons (Fsp3) is 0.235. The van der Waals surface area contributed by atoms with E-state index < -0.39 is 0 Å². The highest BCUT2D eigenvalue weighted by atomic mass is 127. The lowest BCUT2D eigenvalue weighted by Crippen LogP contribution is -2.36. The van der Waals surface area contributed by atoms with Gasteiger partial charge >= 0.3 is 0 Å². The number of nitrogens with one attached hydrogen (secondary N) is 1. The van der Waals surface area contributed by atoms with Crippen molar-refractivity contribution in [1.82, 2.24) is 10.2 Å². The number of aliphatic imine (C=N–C) groups is 1. The quantitative estimate of drug-likeness (QED) is 0.747. The maximum atomic E-state index is 5.93. The third kappa shape index (κ3) is 4.14. The summed E-state index contributed by atoms with van der Waals surface area (Å²) in [6, 6.07) is 18.6. The Balaban J connectivity index is 0.00000176. The van der Waals surface area contributed by atoms with Gasteiger partial charge in [0.1, 0.15) is 0 Å². The summed E-state index contributed by atoms with van der Waals surface area (Å²) in [5.74, 6) is 0.943. The minimum atomic E-state index is 0. The Bertz CT molecular complexity index is 628. The van der Waals surface area contributed by atoms with Crippen LogP contribution in [0.25, 0.3) is 0 Å². The zero-order valence-corrected chi connectivity index (χ0v) is 15.5. The van der Waals surface area contributed by atoms with Crippen LogP contribution in [-0.2, 0) is 6.54 Å². The van der Waals surface area contributed by atoms with Gasteiger partial charge in [-0.15, -0.1) is 24.0 Å². The van der Waals surface area contributed by atoms with Crippen molar-refractivity contribution in [2.75, 3.05) is 13.6 Å². The van der Waals surface area contributed by atoms with E-state index in [0.717, 1.165) is 24.1 Å². The molecule has 0 aromatic heterocycles. The maximum absolute atomic E-state index is 5.93. The molecule has 116 valence electrons. The Morgan fingerprint density at radius 3 is 2.50 bits per heavy atom. The summed E-state index contributed by atoms with van der Waals surface area (Å²) in [5.41, 5.74) is 2.49. The highest BCUT2D eigenvalue weighted by Gasteiger charge is 2.21. The highest BCUT2D eigenvalue weighted by molar-refractivity contribution is 14.0. The minimum Gasteiger partial charge on any atom is -0.348 e. The second kappa shape index (κ2) is 7.83. The van der Waals surface area contributed by atoms with Gasteiger partial charge in [0, 0.05) is 18.6 Å². The molecule has 22 heavy (non-hydrogen) atoms. The zero-order chi connectivity index (χ0) is 14.7. The van der Waals surface area contributed by atoms with Crippen molar-refractivity contribution in [3.63, 3.8) is 0 Å². The van der Waals surface area contributed by atoms with E-state index in [1.165, 1.54) is 11.1 Å². The van der Waals surface area contributed by atoms with E-state index in [0.29, 0.717) is 0 Å². The molecule has 0 spiro atoms. The monoisotopic (exact) mass is 427 g/mol. The van der Waals surface area contributed by atoms with Gasteiger partial charge in [0.05, 0.1) is 12.6 Å². The van der Waals surface area contributed by atoms with Crippen LogP contribution in [0, 0.1) is 0 Å². The molecular weight excluding hydrogens is 409 g/mol. The molecule has 1 aliphatic heterocycles. The fourth-order valence-electron chi connectivity index (χ4n) is 2.47. The lowest BCUT2D eigenvalue weighted by Gasteiger charge is -2.21. The Labute approximate surface area is 153 Å². The van der Waals surface area contributed by atoms with Crippen molar-refractivity contribution in [2.24, 2.45) is 4.99 Å². The first-order chi connectivity index (χ1) is 10.2. The summed E-state index contributed by atoms with van der Waals surface area (Å²) in [7, 11) is 2.06. The van der Waals surface area contributed by atoms with Crippen LogP contribution in [0.4, 0.5) is 0 Å². The van der Waals surface area contributed by atoms with Crippen LogP contribution in [0.1, 0.15) is 17.2 Å². The average molecular weight is 428 g/mol. The molecule has 0 aliphatic carbocycles. The predicted octanol–water partition coefficient (Wildman–Crippen LogP) is 4.09. The summed E-state index contributed by atoms with van der Waals surface area (Å²) < 4.78 is 0. The Morgan fingerprint density at radius 2 is 1.82 bits per heavy atom. The lowest BCUT2D eigenvalue weighted by atomic mass is 10.1. The first-order valence-corrected chi connectivity index (χ1v) is 7.42. The molecule has 1 N–H and O–H groups in total. The van der Waals surface area contributed by atoms with E-state index in [1.807, 2.05) is 18.2 Å². The number of benzene rings is 2. The molecular formula is C17H19ClIN3. The van der Waals surface area contributed by atoms with Crippen LogP contribution in [-0.4, -0.2) is 24.5 Å². The van der Waals surface area contributed by atoms with E-state index in [1.54, 1.807) is 0 Å². The number of rotatable bonds is 3. The van der Waals surface area contributed by atoms with Gasteiger partial charge in [-0.3, -0.25) is 4.99 Å². The Kier molecular flexibility index (Phi) is 6.08. The molecule has 5 heteroatoms. The van der Waals surface area contributed by atoms with Crippen molar-refractivity contribution in [3.05, 3.63) is 70.7 Å². The average Bonchev–Trinajstić information content (AvgIpc) is 2.99. The largest absolute Gasteiger partial charge is 0.348 e. The van der Waals surface area contributed by atoms with Crippen LogP contribution in [0.5, 0.6) is 0 Å². The first kappa shape index (κ1) is 17.1. The third-order valence-corrected chi connectivity index (χ3v) is 3.88. The predicted molar refractivity (Wildman–Crippen MR) is 103 cm³/mol. The molecule has 2 aromatic rings. The van der Waals surface area contributed by atoms with Crippen LogP contribution >= 0.6 is 35.6 Å². The minimum absolute atomic E-state index is 0. The van der Waals surface area contributed by atoms with Gasteiger partial charge in [-0.2, -0.15) is 0 Å². The van der Waals surface area contributed by atoms with Gasteiger partial charge in [0.25, 0.3) is 0 Å². The van der Waals surface area contributed by atoms with Gasteiger partial charge < -0.3 is 10.2 Å². The molecule has 3 rings (SSSR count). The SMILES string of the molecule is CN(Cc1ccccc1)C1=NCC(c2ccc(Cl)cc2)N1.I. The van der Waals surface area contributed by atoms with Crippen molar-refractivity contribution >= 4 is 41.5 Å². The van der Waals surface area contributed by atoms with Crippen LogP contribution < -0.4 is 5.32 Å². The summed E-state index contributed by atoms with van der Waals surface area (Å²) in [6.07, 6.45) is 0. The van der Waals surface area contributed by atoms with E-state index in [4.69, 9.17) is 11.6 Å². The molecule has 2 aromatic carbocycles. The molecule has 0 saturated heterocycles. The number of nitrogens with zero attached hydrogens (tertiary/aromatic N) is 2. The van der Waals surface area contributed by atoms with Gasteiger partial charge in [-0.05, 0) is 23.3 Å². The topological polar surface area (TPSA) is 27.6 Å². The van der Waals surface area contributed by atoms with Crippen molar-refractivity contribution in [1.29, 1.82) is 0 Å². The second-order valence-corrected chi connectivity index (χ2v) is 5.69. The first-order valence-electron chi connectivity index (χ1n) is 7.04. The molecule has 0 bridgehead atoms. The fourth-order valence-corrected chi connectivity index (χ4v) is 2.60. The number of hydrogen-bond acceptors (Lipinski definition) is 3. The van der Waals surface area contributed by atoms with Gasteiger partial charge in [0.15, 0.2) is 5.96 Å². The molecule has 1 unspecified atom stereocenters. The highest BCUT2D eigenvalue weighted by Crippen LogP contribution is 2.20. The van der Waals surface area contributed by atoms with Crippen LogP contribution in [0.15, 0.2) is 59.6 Å². The molecule has 0 radical (unpaired) electrons.